The summed E-state index contributed by atoms with van der Waals surface area (Å²) in [5.74, 6) is 0.880. The van der Waals surface area contributed by atoms with Crippen molar-refractivity contribution in [2.45, 2.75) is 32.0 Å². The summed E-state index contributed by atoms with van der Waals surface area (Å²) in [6, 6.07) is 8.02. The van der Waals surface area contributed by atoms with E-state index in [9.17, 15) is 0 Å². The van der Waals surface area contributed by atoms with Crippen molar-refractivity contribution in [1.82, 2.24) is 0 Å². The first kappa shape index (κ1) is 10.5. The molecule has 1 unspecified atom stereocenters. The zero-order valence-electron chi connectivity index (χ0n) is 9.32. The van der Waals surface area contributed by atoms with E-state index in [1.165, 1.54) is 5.56 Å². The van der Waals surface area contributed by atoms with E-state index in [4.69, 9.17) is 14.5 Å². The molecular weight excluding hydrogens is 192 g/mol. The van der Waals surface area contributed by atoms with Gasteiger partial charge in [0.2, 0.25) is 0 Å². The predicted octanol–water partition coefficient (Wildman–Crippen LogP) is 2.35. The van der Waals surface area contributed by atoms with Gasteiger partial charge in [0.05, 0.1) is 7.11 Å². The molecule has 82 valence electrons. The van der Waals surface area contributed by atoms with Crippen molar-refractivity contribution in [3.05, 3.63) is 29.8 Å². The molecule has 0 amide bonds. The van der Waals surface area contributed by atoms with Gasteiger partial charge in [-0.25, -0.2) is 9.78 Å². The van der Waals surface area contributed by atoms with Crippen LogP contribution in [-0.4, -0.2) is 18.8 Å². The van der Waals surface area contributed by atoms with Gasteiger partial charge in [0.1, 0.15) is 17.5 Å². The Morgan fingerprint density at radius 3 is 2.73 bits per heavy atom. The van der Waals surface area contributed by atoms with E-state index in [-0.39, 0.29) is 11.7 Å². The molecule has 1 aliphatic rings. The Balaban J connectivity index is 2.04. The summed E-state index contributed by atoms with van der Waals surface area (Å²) in [5.41, 5.74) is 1.03. The third-order valence-corrected chi connectivity index (χ3v) is 2.71. The quantitative estimate of drug-likeness (QED) is 0.714. The monoisotopic (exact) mass is 208 g/mol. The fraction of sp³-hybridized carbons (Fsp3) is 0.500. The summed E-state index contributed by atoms with van der Waals surface area (Å²) in [6.45, 7) is 4.06. The third kappa shape index (κ3) is 2.13. The molecule has 0 N–H and O–H groups in total. The minimum Gasteiger partial charge on any atom is -0.497 e. The van der Waals surface area contributed by atoms with Gasteiger partial charge in [-0.15, -0.1) is 0 Å². The Kier molecular flexibility index (Phi) is 2.67. The fourth-order valence-electron chi connectivity index (χ4n) is 1.60. The van der Waals surface area contributed by atoms with Crippen molar-refractivity contribution in [3.63, 3.8) is 0 Å². The first-order valence-electron chi connectivity index (χ1n) is 5.09. The standard InChI is InChI=1S/C12H16O3/c1-12(2)11(14-15-12)8-9-5-4-6-10(7-9)13-3/h4-7,11H,8H2,1-3H3. The van der Waals surface area contributed by atoms with Gasteiger partial charge in [0.15, 0.2) is 0 Å². The highest BCUT2D eigenvalue weighted by atomic mass is 17.3. The highest BCUT2D eigenvalue weighted by Crippen LogP contribution is 2.32. The Hall–Kier alpha value is -1.06. The van der Waals surface area contributed by atoms with E-state index in [0.717, 1.165) is 12.2 Å². The molecule has 1 fully saturated rings. The van der Waals surface area contributed by atoms with Crippen LogP contribution < -0.4 is 4.74 Å². The smallest absolute Gasteiger partial charge is 0.128 e. The van der Waals surface area contributed by atoms with Crippen LogP contribution in [0.5, 0.6) is 5.75 Å². The summed E-state index contributed by atoms with van der Waals surface area (Å²) < 4.78 is 5.17. The summed E-state index contributed by atoms with van der Waals surface area (Å²) in [5, 5.41) is 0. The first-order valence-corrected chi connectivity index (χ1v) is 5.09. The molecule has 2 rings (SSSR count). The van der Waals surface area contributed by atoms with Gasteiger partial charge in [-0.1, -0.05) is 12.1 Å². The molecule has 0 aliphatic carbocycles. The number of ether oxygens (including phenoxy) is 1. The van der Waals surface area contributed by atoms with E-state index in [2.05, 4.69) is 6.07 Å². The van der Waals surface area contributed by atoms with Gasteiger partial charge in [-0.05, 0) is 31.5 Å². The van der Waals surface area contributed by atoms with Crippen LogP contribution in [0, 0.1) is 0 Å². The number of hydrogen-bond acceptors (Lipinski definition) is 3. The molecule has 3 heteroatoms. The van der Waals surface area contributed by atoms with Crippen molar-refractivity contribution >= 4 is 0 Å². The SMILES string of the molecule is COc1cccc(CC2OOC2(C)C)c1. The van der Waals surface area contributed by atoms with E-state index in [1.54, 1.807) is 7.11 Å². The number of rotatable bonds is 3. The number of methoxy groups -OCH3 is 1. The minimum atomic E-state index is -0.178. The van der Waals surface area contributed by atoms with Crippen molar-refractivity contribution in [2.24, 2.45) is 0 Å². The molecule has 0 bridgehead atoms. The molecular formula is C12H16O3. The lowest BCUT2D eigenvalue weighted by molar-refractivity contribution is -0.499. The molecule has 1 atom stereocenters. The Morgan fingerprint density at radius 2 is 2.20 bits per heavy atom. The molecule has 1 aliphatic heterocycles. The molecule has 0 saturated carbocycles. The van der Waals surface area contributed by atoms with E-state index in [0.29, 0.717) is 0 Å². The van der Waals surface area contributed by atoms with Crippen LogP contribution in [0.15, 0.2) is 24.3 Å². The maximum atomic E-state index is 5.17. The van der Waals surface area contributed by atoms with Gasteiger partial charge in [-0.3, -0.25) is 0 Å². The zero-order valence-corrected chi connectivity index (χ0v) is 9.32. The van der Waals surface area contributed by atoms with Crippen LogP contribution in [0.3, 0.4) is 0 Å². The van der Waals surface area contributed by atoms with Gasteiger partial charge < -0.3 is 4.74 Å². The molecule has 1 aromatic rings. The van der Waals surface area contributed by atoms with Crippen LogP contribution >= 0.6 is 0 Å². The largest absolute Gasteiger partial charge is 0.497 e. The Bertz CT molecular complexity index is 346. The molecule has 3 nitrogen and oxygen atoms in total. The van der Waals surface area contributed by atoms with Crippen LogP contribution in [-0.2, 0) is 16.2 Å². The summed E-state index contributed by atoms with van der Waals surface area (Å²) in [7, 11) is 1.67. The van der Waals surface area contributed by atoms with E-state index < -0.39 is 0 Å². The van der Waals surface area contributed by atoms with Crippen LogP contribution in [0.2, 0.25) is 0 Å². The van der Waals surface area contributed by atoms with E-state index >= 15 is 0 Å². The lowest BCUT2D eigenvalue weighted by atomic mass is 9.93. The number of benzene rings is 1. The topological polar surface area (TPSA) is 27.7 Å². The van der Waals surface area contributed by atoms with Crippen molar-refractivity contribution < 1.29 is 14.5 Å². The van der Waals surface area contributed by atoms with Crippen molar-refractivity contribution in [2.75, 3.05) is 7.11 Å². The average molecular weight is 208 g/mol. The molecule has 1 saturated heterocycles. The van der Waals surface area contributed by atoms with Gasteiger partial charge >= 0.3 is 0 Å². The lowest BCUT2D eigenvalue weighted by Crippen LogP contribution is -2.52. The highest BCUT2D eigenvalue weighted by molar-refractivity contribution is 5.29. The number of hydrogen-bond donors (Lipinski definition) is 0. The first-order chi connectivity index (χ1) is 7.12. The molecule has 1 heterocycles. The van der Waals surface area contributed by atoms with Crippen molar-refractivity contribution in [3.8, 4) is 5.75 Å². The summed E-state index contributed by atoms with van der Waals surface area (Å²) in [6.07, 6.45) is 0.981. The van der Waals surface area contributed by atoms with E-state index in [1.807, 2.05) is 32.0 Å². The van der Waals surface area contributed by atoms with Crippen LogP contribution in [0.1, 0.15) is 19.4 Å². The molecule has 0 spiro atoms. The highest BCUT2D eigenvalue weighted by Gasteiger charge is 2.42. The summed E-state index contributed by atoms with van der Waals surface area (Å²) in [4.78, 5) is 10.1. The van der Waals surface area contributed by atoms with Gasteiger partial charge in [0, 0.05) is 6.42 Å². The lowest BCUT2D eigenvalue weighted by Gasteiger charge is -2.41. The molecule has 0 radical (unpaired) electrons. The molecule has 1 aromatic carbocycles. The van der Waals surface area contributed by atoms with Gasteiger partial charge in [0.25, 0.3) is 0 Å². The maximum absolute atomic E-state index is 5.17. The second-order valence-corrected chi connectivity index (χ2v) is 4.33. The second-order valence-electron chi connectivity index (χ2n) is 4.33. The summed E-state index contributed by atoms with van der Waals surface area (Å²) >= 11 is 0. The second kappa shape index (κ2) is 3.83. The third-order valence-electron chi connectivity index (χ3n) is 2.71. The van der Waals surface area contributed by atoms with Crippen molar-refractivity contribution in [1.29, 1.82) is 0 Å². The predicted molar refractivity (Wildman–Crippen MR) is 56.7 cm³/mol. The van der Waals surface area contributed by atoms with Crippen LogP contribution in [0.25, 0.3) is 0 Å². The van der Waals surface area contributed by atoms with Crippen LogP contribution in [0.4, 0.5) is 0 Å². The fourth-order valence-corrected chi connectivity index (χ4v) is 1.60. The minimum absolute atomic E-state index is 0.129. The van der Waals surface area contributed by atoms with Gasteiger partial charge in [-0.2, -0.15) is 0 Å². The zero-order chi connectivity index (χ0) is 10.9. The Morgan fingerprint density at radius 1 is 1.40 bits per heavy atom. The average Bonchev–Trinajstić information content (AvgIpc) is 2.25. The normalized spacial score (nSPS) is 23.3. The maximum Gasteiger partial charge on any atom is 0.128 e. The Labute approximate surface area is 89.9 Å². The molecule has 15 heavy (non-hydrogen) atoms. The molecule has 0 aromatic heterocycles.